The Bertz CT molecular complexity index is 1340. The standard InChI is InChI=1S/C19H27NO2.C17H23NO2.2C4H8/c1-19(2,16-9-5-3-6-10-16)15-17(21)12-14-20-13-8-4-7-11-18(20)22;1-17(2,14-7-4-3-5-8-14)13-15(19)10-12-18-11-6-9-16(18)20;2*1-4(2)3/h3,5-6,9-10H,4,7-8,11-15H2,1-2H3;3-5,7-8H,6,9-13H2,1-2H3;2*1H2,2-3H3. The fraction of sp³-hybridized carbons (Fsp3) is 0.545. The van der Waals surface area contributed by atoms with Crippen molar-refractivity contribution >= 4 is 23.4 Å². The second-order valence-corrected chi connectivity index (χ2v) is 15.5. The maximum atomic E-state index is 12.3. The molecule has 2 amide bonds. The smallest absolute Gasteiger partial charge is 0.222 e. The average molecular weight is 687 g/mol. The SMILES string of the molecule is C=C(C)C.C=C(C)C.CC(C)(CC(=O)CCN1CCCC1=O)c1ccccc1.CC(C)(CC(=O)CCN1CCCCCC1=O)c1ccccc1. The first kappa shape index (κ1) is 44.2. The van der Waals surface area contributed by atoms with Gasteiger partial charge in [-0.1, -0.05) is 106 Å². The molecule has 2 saturated heterocycles. The molecule has 2 aliphatic rings. The van der Waals surface area contributed by atoms with Crippen LogP contribution in [0.15, 0.2) is 85.0 Å². The predicted molar refractivity (Wildman–Crippen MR) is 209 cm³/mol. The summed E-state index contributed by atoms with van der Waals surface area (Å²) in [6.07, 6.45) is 7.40. The number of allylic oxidation sites excluding steroid dienone is 2. The monoisotopic (exact) mass is 687 g/mol. The van der Waals surface area contributed by atoms with E-state index < -0.39 is 0 Å². The minimum Gasteiger partial charge on any atom is -0.342 e. The number of hydrogen-bond acceptors (Lipinski definition) is 4. The van der Waals surface area contributed by atoms with Crippen LogP contribution in [0.5, 0.6) is 0 Å². The Morgan fingerprint density at radius 1 is 0.580 bits per heavy atom. The van der Waals surface area contributed by atoms with Gasteiger partial charge in [0.1, 0.15) is 11.6 Å². The molecule has 2 aliphatic heterocycles. The maximum Gasteiger partial charge on any atom is 0.222 e. The van der Waals surface area contributed by atoms with E-state index in [0.717, 1.165) is 38.8 Å². The molecule has 0 N–H and O–H groups in total. The summed E-state index contributed by atoms with van der Waals surface area (Å²) in [6.45, 7) is 26.2. The van der Waals surface area contributed by atoms with E-state index >= 15 is 0 Å². The Hall–Kier alpha value is -3.80. The van der Waals surface area contributed by atoms with Gasteiger partial charge in [-0.25, -0.2) is 0 Å². The van der Waals surface area contributed by atoms with Gasteiger partial charge < -0.3 is 9.80 Å². The van der Waals surface area contributed by atoms with Crippen LogP contribution in [-0.2, 0) is 30.0 Å². The molecule has 4 rings (SSSR count). The molecule has 6 nitrogen and oxygen atoms in total. The molecule has 0 aromatic heterocycles. The van der Waals surface area contributed by atoms with Gasteiger partial charge in [0.15, 0.2) is 0 Å². The topological polar surface area (TPSA) is 74.8 Å². The lowest BCUT2D eigenvalue weighted by Crippen LogP contribution is -2.33. The zero-order valence-electron chi connectivity index (χ0n) is 32.6. The molecule has 0 bridgehead atoms. The highest BCUT2D eigenvalue weighted by molar-refractivity contribution is 5.82. The van der Waals surface area contributed by atoms with Crippen LogP contribution in [-0.4, -0.2) is 59.4 Å². The van der Waals surface area contributed by atoms with Gasteiger partial charge in [-0.05, 0) is 68.9 Å². The van der Waals surface area contributed by atoms with Gasteiger partial charge in [0.05, 0.1) is 0 Å². The van der Waals surface area contributed by atoms with Gasteiger partial charge in [-0.15, -0.1) is 13.2 Å². The van der Waals surface area contributed by atoms with Crippen molar-refractivity contribution in [3.8, 4) is 0 Å². The number of Topliss-reactive ketones (excluding diaryl/α,β-unsaturated/α-hetero) is 2. The van der Waals surface area contributed by atoms with Gasteiger partial charge in [0.2, 0.25) is 11.8 Å². The normalized spacial score (nSPS) is 14.6. The average Bonchev–Trinajstić information content (AvgIpc) is 3.34. The van der Waals surface area contributed by atoms with Gasteiger partial charge in [0.25, 0.3) is 0 Å². The van der Waals surface area contributed by atoms with Gasteiger partial charge in [-0.3, -0.25) is 19.2 Å². The largest absolute Gasteiger partial charge is 0.342 e. The summed E-state index contributed by atoms with van der Waals surface area (Å²) < 4.78 is 0. The number of rotatable bonds is 12. The molecule has 2 heterocycles. The van der Waals surface area contributed by atoms with E-state index in [2.05, 4.69) is 65.1 Å². The molecular formula is C44H66N2O4. The molecule has 2 fully saturated rings. The Kier molecular flexibility index (Phi) is 20.2. The van der Waals surface area contributed by atoms with Crippen molar-refractivity contribution in [2.45, 2.75) is 130 Å². The molecule has 50 heavy (non-hydrogen) atoms. The van der Waals surface area contributed by atoms with Crippen LogP contribution < -0.4 is 0 Å². The first-order chi connectivity index (χ1) is 23.4. The van der Waals surface area contributed by atoms with Gasteiger partial charge in [0, 0.05) is 64.7 Å². The van der Waals surface area contributed by atoms with Crippen molar-refractivity contribution < 1.29 is 19.2 Å². The predicted octanol–water partition coefficient (Wildman–Crippen LogP) is 9.82. The Morgan fingerprint density at radius 2 is 0.920 bits per heavy atom. The maximum absolute atomic E-state index is 12.3. The number of carbonyl (C=O) groups excluding carboxylic acids is 4. The molecule has 6 heteroatoms. The Labute approximate surface area is 304 Å². The van der Waals surface area contributed by atoms with Crippen LogP contribution >= 0.6 is 0 Å². The highest BCUT2D eigenvalue weighted by Gasteiger charge is 2.26. The minimum atomic E-state index is -0.152. The quantitative estimate of drug-likeness (QED) is 0.208. The fourth-order valence-electron chi connectivity index (χ4n) is 5.88. The summed E-state index contributed by atoms with van der Waals surface area (Å²) in [7, 11) is 0. The molecule has 0 spiro atoms. The molecular weight excluding hydrogens is 620 g/mol. The number of ketones is 2. The van der Waals surface area contributed by atoms with Crippen LogP contribution in [0.1, 0.15) is 131 Å². The van der Waals surface area contributed by atoms with Crippen LogP contribution in [0, 0.1) is 0 Å². The summed E-state index contributed by atoms with van der Waals surface area (Å²) in [5, 5.41) is 0. The lowest BCUT2D eigenvalue weighted by atomic mass is 9.80. The van der Waals surface area contributed by atoms with Crippen molar-refractivity contribution in [2.24, 2.45) is 0 Å². The van der Waals surface area contributed by atoms with Gasteiger partial charge in [-0.2, -0.15) is 0 Å². The molecule has 0 atom stereocenters. The van der Waals surface area contributed by atoms with Crippen molar-refractivity contribution in [1.29, 1.82) is 0 Å². The van der Waals surface area contributed by atoms with E-state index in [1.807, 2.05) is 73.9 Å². The second kappa shape index (κ2) is 22.8. The summed E-state index contributed by atoms with van der Waals surface area (Å²) in [4.78, 5) is 51.6. The van der Waals surface area contributed by atoms with Crippen LogP contribution in [0.3, 0.4) is 0 Å². The lowest BCUT2D eigenvalue weighted by molar-refractivity contribution is -0.131. The molecule has 276 valence electrons. The van der Waals surface area contributed by atoms with Crippen molar-refractivity contribution in [2.75, 3.05) is 26.2 Å². The first-order valence-electron chi connectivity index (χ1n) is 18.4. The Balaban J connectivity index is 0.000000413. The number of nitrogens with zero attached hydrogens (tertiary/aromatic N) is 2. The number of benzene rings is 2. The van der Waals surface area contributed by atoms with Crippen molar-refractivity contribution in [3.05, 3.63) is 96.1 Å². The third kappa shape index (κ3) is 18.8. The number of carbonyl (C=O) groups is 4. The highest BCUT2D eigenvalue weighted by Crippen LogP contribution is 2.28. The van der Waals surface area contributed by atoms with Crippen LogP contribution in [0.2, 0.25) is 0 Å². The molecule has 2 aromatic rings. The zero-order valence-corrected chi connectivity index (χ0v) is 32.6. The van der Waals surface area contributed by atoms with Crippen LogP contribution in [0.4, 0.5) is 0 Å². The Morgan fingerprint density at radius 3 is 1.26 bits per heavy atom. The lowest BCUT2D eigenvalue weighted by Gasteiger charge is -2.25. The third-order valence-electron chi connectivity index (χ3n) is 8.55. The number of amides is 2. The van der Waals surface area contributed by atoms with E-state index in [-0.39, 0.29) is 34.2 Å². The first-order valence-corrected chi connectivity index (χ1v) is 18.4. The highest BCUT2D eigenvalue weighted by atomic mass is 16.2. The summed E-state index contributed by atoms with van der Waals surface area (Å²) in [5.41, 5.74) is 4.41. The molecule has 2 aromatic carbocycles. The summed E-state index contributed by atoms with van der Waals surface area (Å²) >= 11 is 0. The minimum absolute atomic E-state index is 0.145. The fourth-order valence-corrected chi connectivity index (χ4v) is 5.88. The molecule has 0 saturated carbocycles. The number of likely N-dealkylation sites (tertiary alicyclic amines) is 2. The van der Waals surface area contributed by atoms with E-state index in [1.165, 1.54) is 22.3 Å². The molecule has 0 aliphatic carbocycles. The number of hydrogen-bond donors (Lipinski definition) is 0. The third-order valence-corrected chi connectivity index (χ3v) is 8.55. The summed E-state index contributed by atoms with van der Waals surface area (Å²) in [5.74, 6) is 0.886. The van der Waals surface area contributed by atoms with Gasteiger partial charge >= 0.3 is 0 Å². The van der Waals surface area contributed by atoms with Crippen LogP contribution in [0.25, 0.3) is 0 Å². The summed E-state index contributed by atoms with van der Waals surface area (Å²) in [6, 6.07) is 20.3. The van der Waals surface area contributed by atoms with Crippen molar-refractivity contribution in [1.82, 2.24) is 9.80 Å². The molecule has 0 unspecified atom stereocenters. The van der Waals surface area contributed by atoms with Crippen molar-refractivity contribution in [3.63, 3.8) is 0 Å². The van der Waals surface area contributed by atoms with E-state index in [0.29, 0.717) is 51.6 Å². The molecule has 0 radical (unpaired) electrons. The zero-order chi connectivity index (χ0) is 37.7. The van der Waals surface area contributed by atoms with E-state index in [9.17, 15) is 19.2 Å². The van der Waals surface area contributed by atoms with E-state index in [4.69, 9.17) is 0 Å². The second-order valence-electron chi connectivity index (χ2n) is 15.5. The van der Waals surface area contributed by atoms with E-state index in [1.54, 1.807) is 0 Å².